The number of amidine groups is 1. The highest BCUT2D eigenvalue weighted by molar-refractivity contribution is 6.00. The third kappa shape index (κ3) is 3.29. The molecule has 2 heterocycles. The van der Waals surface area contributed by atoms with Crippen molar-refractivity contribution in [2.45, 2.75) is 19.8 Å². The van der Waals surface area contributed by atoms with Gasteiger partial charge in [-0.05, 0) is 31.9 Å². The van der Waals surface area contributed by atoms with Crippen molar-refractivity contribution in [1.82, 2.24) is 9.88 Å². The fraction of sp³-hybridized carbons (Fsp3) is 0.294. The highest BCUT2D eigenvalue weighted by atomic mass is 19.2. The summed E-state index contributed by atoms with van der Waals surface area (Å²) in [6.07, 6.45) is 1.76. The molecule has 3 rings (SSSR count). The van der Waals surface area contributed by atoms with E-state index < -0.39 is 29.0 Å². The van der Waals surface area contributed by atoms with Crippen molar-refractivity contribution in [3.63, 3.8) is 0 Å². The molecule has 0 unspecified atom stereocenters. The van der Waals surface area contributed by atoms with Crippen LogP contribution in [0.4, 0.5) is 17.6 Å². The van der Waals surface area contributed by atoms with Gasteiger partial charge >= 0.3 is 0 Å². The van der Waals surface area contributed by atoms with Gasteiger partial charge in [-0.1, -0.05) is 5.16 Å². The number of nitrogens with zero attached hydrogens (tertiary/aromatic N) is 3. The number of benzene rings is 1. The van der Waals surface area contributed by atoms with Crippen LogP contribution in [-0.4, -0.2) is 34.0 Å². The lowest BCUT2D eigenvalue weighted by atomic mass is 10.2. The Kier molecular flexibility index (Phi) is 4.97. The first-order valence-electron chi connectivity index (χ1n) is 7.88. The minimum Gasteiger partial charge on any atom is -0.432 e. The van der Waals surface area contributed by atoms with E-state index in [1.807, 2.05) is 0 Å². The van der Waals surface area contributed by atoms with Crippen LogP contribution in [0.5, 0.6) is 11.6 Å². The van der Waals surface area contributed by atoms with Crippen molar-refractivity contribution < 1.29 is 27.5 Å². The third-order valence-electron chi connectivity index (χ3n) is 4.01. The van der Waals surface area contributed by atoms with Gasteiger partial charge in [-0.25, -0.2) is 13.8 Å². The number of rotatable bonds is 3. The molecule has 0 radical (unpaired) electrons. The molecule has 0 saturated carbocycles. The molecule has 1 aromatic carbocycles. The summed E-state index contributed by atoms with van der Waals surface area (Å²) in [5, 5.41) is 12.6. The molecule has 1 aromatic heterocycles. The average Bonchev–Trinajstić information content (AvgIpc) is 3.13. The molecule has 26 heavy (non-hydrogen) atoms. The third-order valence-corrected chi connectivity index (χ3v) is 4.01. The van der Waals surface area contributed by atoms with Crippen LogP contribution < -0.4 is 4.74 Å². The number of hydrogen-bond donors (Lipinski definition) is 1. The maximum absolute atomic E-state index is 13.9. The van der Waals surface area contributed by atoms with Gasteiger partial charge in [0, 0.05) is 24.8 Å². The van der Waals surface area contributed by atoms with E-state index in [4.69, 9.17) is 4.74 Å². The molecule has 0 amide bonds. The number of likely N-dealkylation sites (tertiary alicyclic amines) is 1. The zero-order valence-electron chi connectivity index (χ0n) is 13.8. The van der Waals surface area contributed by atoms with Crippen LogP contribution in [0.1, 0.15) is 24.1 Å². The highest BCUT2D eigenvalue weighted by Crippen LogP contribution is 2.32. The van der Waals surface area contributed by atoms with Gasteiger partial charge in [0.2, 0.25) is 23.3 Å². The molecule has 5 nitrogen and oxygen atoms in total. The van der Waals surface area contributed by atoms with Crippen molar-refractivity contribution in [3.8, 4) is 11.6 Å². The largest absolute Gasteiger partial charge is 0.432 e. The first kappa shape index (κ1) is 18.0. The number of halogens is 4. The SMILES string of the molecule is Cc1ccc(/C(=N/O)N2CCCC2)c(Oc2c(F)c(F)cc(F)c2F)n1. The van der Waals surface area contributed by atoms with Crippen LogP contribution in [0.3, 0.4) is 0 Å². The molecule has 1 fully saturated rings. The van der Waals surface area contributed by atoms with E-state index in [2.05, 4.69) is 10.1 Å². The Balaban J connectivity index is 2.08. The van der Waals surface area contributed by atoms with Gasteiger partial charge in [-0.15, -0.1) is 0 Å². The second-order valence-corrected chi connectivity index (χ2v) is 5.82. The average molecular weight is 369 g/mol. The molecule has 2 aromatic rings. The molecule has 9 heteroatoms. The van der Waals surface area contributed by atoms with Gasteiger partial charge < -0.3 is 14.8 Å². The summed E-state index contributed by atoms with van der Waals surface area (Å²) in [6.45, 7) is 2.83. The van der Waals surface area contributed by atoms with Gasteiger partial charge in [0.1, 0.15) is 0 Å². The fourth-order valence-electron chi connectivity index (χ4n) is 2.73. The predicted molar refractivity (Wildman–Crippen MR) is 84.5 cm³/mol. The Morgan fingerprint density at radius 1 is 1.12 bits per heavy atom. The molecule has 0 atom stereocenters. The molecule has 138 valence electrons. The van der Waals surface area contributed by atoms with Gasteiger partial charge in [0.25, 0.3) is 0 Å². The molecule has 1 aliphatic rings. The number of pyridine rings is 1. The summed E-state index contributed by atoms with van der Waals surface area (Å²) in [7, 11) is 0. The monoisotopic (exact) mass is 369 g/mol. The maximum Gasteiger partial charge on any atom is 0.230 e. The maximum atomic E-state index is 13.9. The van der Waals surface area contributed by atoms with Crippen molar-refractivity contribution >= 4 is 5.84 Å². The summed E-state index contributed by atoms with van der Waals surface area (Å²) in [5.41, 5.74) is 0.573. The Labute approximate surface area is 146 Å². The van der Waals surface area contributed by atoms with Gasteiger partial charge in [0.15, 0.2) is 17.5 Å². The van der Waals surface area contributed by atoms with E-state index in [0.29, 0.717) is 18.8 Å². The number of aromatic nitrogens is 1. The van der Waals surface area contributed by atoms with Crippen LogP contribution in [0.15, 0.2) is 23.4 Å². The zero-order valence-corrected chi connectivity index (χ0v) is 13.8. The molecule has 1 N–H and O–H groups in total. The zero-order chi connectivity index (χ0) is 18.8. The molecule has 1 saturated heterocycles. The van der Waals surface area contributed by atoms with E-state index in [-0.39, 0.29) is 23.3 Å². The van der Waals surface area contributed by atoms with E-state index in [1.54, 1.807) is 17.9 Å². The molecule has 0 bridgehead atoms. The van der Waals surface area contributed by atoms with Gasteiger partial charge in [-0.2, -0.15) is 8.78 Å². The lowest BCUT2D eigenvalue weighted by Gasteiger charge is -2.20. The van der Waals surface area contributed by atoms with Crippen LogP contribution in [-0.2, 0) is 0 Å². The molecular weight excluding hydrogens is 354 g/mol. The Hall–Kier alpha value is -2.84. The lowest BCUT2D eigenvalue weighted by Crippen LogP contribution is -2.29. The summed E-state index contributed by atoms with van der Waals surface area (Å²) < 4.78 is 59.8. The Bertz CT molecular complexity index is 841. The second-order valence-electron chi connectivity index (χ2n) is 5.82. The van der Waals surface area contributed by atoms with Crippen molar-refractivity contribution in [1.29, 1.82) is 0 Å². The van der Waals surface area contributed by atoms with E-state index in [1.165, 1.54) is 6.07 Å². The van der Waals surface area contributed by atoms with Crippen LogP contribution in [0, 0.1) is 30.2 Å². The predicted octanol–water partition coefficient (Wildman–Crippen LogP) is 3.97. The molecular formula is C17H15F4N3O2. The smallest absolute Gasteiger partial charge is 0.230 e. The van der Waals surface area contributed by atoms with Gasteiger partial charge in [-0.3, -0.25) is 0 Å². The van der Waals surface area contributed by atoms with Crippen LogP contribution in [0.2, 0.25) is 0 Å². The first-order valence-corrected chi connectivity index (χ1v) is 7.88. The van der Waals surface area contributed by atoms with Crippen LogP contribution >= 0.6 is 0 Å². The fourth-order valence-corrected chi connectivity index (χ4v) is 2.73. The summed E-state index contributed by atoms with van der Waals surface area (Å²) in [6, 6.07) is 3.17. The van der Waals surface area contributed by atoms with E-state index in [9.17, 15) is 22.8 Å². The van der Waals surface area contributed by atoms with Crippen LogP contribution in [0.25, 0.3) is 0 Å². The molecule has 0 spiro atoms. The number of hydrogen-bond acceptors (Lipinski definition) is 4. The number of oxime groups is 1. The van der Waals surface area contributed by atoms with E-state index >= 15 is 0 Å². The van der Waals surface area contributed by atoms with Crippen molar-refractivity contribution in [2.75, 3.05) is 13.1 Å². The Morgan fingerprint density at radius 3 is 2.31 bits per heavy atom. The quantitative estimate of drug-likeness (QED) is 0.222. The number of ether oxygens (including phenoxy) is 1. The summed E-state index contributed by atoms with van der Waals surface area (Å²) in [5.74, 6) is -8.02. The number of aryl methyl sites for hydroxylation is 1. The Morgan fingerprint density at radius 2 is 1.73 bits per heavy atom. The minimum atomic E-state index is -1.68. The second kappa shape index (κ2) is 7.19. The summed E-state index contributed by atoms with van der Waals surface area (Å²) >= 11 is 0. The van der Waals surface area contributed by atoms with Crippen molar-refractivity contribution in [3.05, 3.63) is 52.7 Å². The van der Waals surface area contributed by atoms with Gasteiger partial charge in [0.05, 0.1) is 5.56 Å². The minimum absolute atomic E-state index is 0.0902. The molecule has 1 aliphatic heterocycles. The standard InChI is InChI=1S/C17H15F4N3O2/c1-9-4-5-10(16(23-25)24-6-2-3-7-24)17(22-9)26-15-13(20)11(18)8-12(19)14(15)21/h4-5,8,25H,2-3,6-7H2,1H3/b23-16-. The summed E-state index contributed by atoms with van der Waals surface area (Å²) in [4.78, 5) is 5.78. The lowest BCUT2D eigenvalue weighted by molar-refractivity contribution is 0.306. The van der Waals surface area contributed by atoms with Crippen molar-refractivity contribution in [2.24, 2.45) is 5.16 Å². The van der Waals surface area contributed by atoms with E-state index in [0.717, 1.165) is 12.8 Å². The highest BCUT2D eigenvalue weighted by Gasteiger charge is 2.26. The first-order chi connectivity index (χ1) is 12.4. The topological polar surface area (TPSA) is 58.0 Å². The molecule has 0 aliphatic carbocycles. The normalized spacial score (nSPS) is 14.8.